The van der Waals surface area contributed by atoms with Gasteiger partial charge in [-0.1, -0.05) is 17.7 Å². The number of carbonyl (C=O) groups excluding carboxylic acids is 3. The van der Waals surface area contributed by atoms with Crippen LogP contribution in [-0.4, -0.2) is 68.6 Å². The number of fused-ring (bicyclic) bond motifs is 1. The average molecular weight is 514 g/mol. The molecule has 0 bridgehead atoms. The molecule has 5 rings (SSSR count). The number of aryl methyl sites for hydroxylation is 1. The number of carbonyl (C=O) groups is 3. The maximum absolute atomic E-state index is 13.5. The fourth-order valence-corrected chi connectivity index (χ4v) is 5.20. The fraction of sp³-hybridized carbons (Fsp3) is 0.304. The van der Waals surface area contributed by atoms with Crippen molar-refractivity contribution in [1.82, 2.24) is 29.8 Å². The van der Waals surface area contributed by atoms with Gasteiger partial charge in [0.15, 0.2) is 0 Å². The van der Waals surface area contributed by atoms with Gasteiger partial charge >= 0.3 is 12.1 Å². The molecule has 182 valence electrons. The molecule has 10 nitrogen and oxygen atoms in total. The van der Waals surface area contributed by atoms with Crippen molar-refractivity contribution >= 4 is 46.6 Å². The van der Waals surface area contributed by atoms with Gasteiger partial charge in [-0.25, -0.2) is 24.1 Å². The molecule has 12 heteroatoms. The minimum Gasteiger partial charge on any atom is -0.338 e. The molecule has 35 heavy (non-hydrogen) atoms. The van der Waals surface area contributed by atoms with Crippen LogP contribution in [0.4, 0.5) is 15.3 Å². The monoisotopic (exact) mass is 513 g/mol. The van der Waals surface area contributed by atoms with Gasteiger partial charge in [0, 0.05) is 41.8 Å². The highest BCUT2D eigenvalue weighted by molar-refractivity contribution is 7.10. The first-order valence-corrected chi connectivity index (χ1v) is 12.4. The molecule has 3 aromatic rings. The molecule has 2 N–H and O–H groups in total. The first-order chi connectivity index (χ1) is 16.9. The van der Waals surface area contributed by atoms with Crippen molar-refractivity contribution in [1.29, 1.82) is 0 Å². The van der Waals surface area contributed by atoms with E-state index in [4.69, 9.17) is 11.6 Å². The second-order valence-corrected chi connectivity index (χ2v) is 9.72. The maximum Gasteiger partial charge on any atom is 0.344 e. The second kappa shape index (κ2) is 9.68. The van der Waals surface area contributed by atoms with Gasteiger partial charge in [-0.3, -0.25) is 9.80 Å². The molecule has 1 aromatic carbocycles. The largest absolute Gasteiger partial charge is 0.344 e. The van der Waals surface area contributed by atoms with Gasteiger partial charge < -0.3 is 15.5 Å². The molecule has 2 aliphatic rings. The lowest BCUT2D eigenvalue weighted by atomic mass is 10.2. The van der Waals surface area contributed by atoms with Crippen molar-refractivity contribution in [3.8, 4) is 0 Å². The van der Waals surface area contributed by atoms with Crippen LogP contribution in [0.15, 0.2) is 48.0 Å². The number of halogens is 1. The summed E-state index contributed by atoms with van der Waals surface area (Å²) in [6.07, 6.45) is 1.72. The van der Waals surface area contributed by atoms with E-state index in [0.717, 1.165) is 10.6 Å². The highest BCUT2D eigenvalue weighted by Gasteiger charge is 2.36. The lowest BCUT2D eigenvalue weighted by Crippen LogP contribution is -2.57. The summed E-state index contributed by atoms with van der Waals surface area (Å²) in [5, 5.41) is 11.7. The van der Waals surface area contributed by atoms with Crippen LogP contribution in [0.1, 0.15) is 22.4 Å². The zero-order chi connectivity index (χ0) is 24.5. The fourth-order valence-electron chi connectivity index (χ4n) is 4.30. The normalized spacial score (nSPS) is 16.8. The van der Waals surface area contributed by atoms with Crippen LogP contribution < -0.4 is 10.6 Å². The molecule has 2 aliphatic heterocycles. The SMILES string of the molecule is Cc1ncc2n1C(=O)N(N1CCN(C(=O)C(NC(=O)Nc3ccc(Cl)cc3)c3cccs3)CC1)C2. The third-order valence-electron chi connectivity index (χ3n) is 6.10. The summed E-state index contributed by atoms with van der Waals surface area (Å²) in [4.78, 5) is 45.6. The Labute approximate surface area is 211 Å². The number of benzene rings is 1. The predicted octanol–water partition coefficient (Wildman–Crippen LogP) is 3.31. The topological polar surface area (TPSA) is 103 Å². The number of hydrazine groups is 1. The number of amides is 4. The lowest BCUT2D eigenvalue weighted by Gasteiger charge is -2.39. The number of rotatable bonds is 5. The van der Waals surface area contributed by atoms with Gasteiger partial charge in [0.1, 0.15) is 11.9 Å². The number of aromatic nitrogens is 2. The van der Waals surface area contributed by atoms with Gasteiger partial charge in [-0.2, -0.15) is 0 Å². The number of imidazole rings is 1. The summed E-state index contributed by atoms with van der Waals surface area (Å²) in [5.41, 5.74) is 1.43. The number of urea groups is 1. The Kier molecular flexibility index (Phi) is 6.46. The van der Waals surface area contributed by atoms with Crippen molar-refractivity contribution < 1.29 is 14.4 Å². The minimum absolute atomic E-state index is 0.119. The summed E-state index contributed by atoms with van der Waals surface area (Å²) in [6, 6.07) is 9.02. The van der Waals surface area contributed by atoms with E-state index in [9.17, 15) is 14.4 Å². The molecule has 4 heterocycles. The van der Waals surface area contributed by atoms with Gasteiger partial charge in [-0.15, -0.1) is 11.3 Å². The molecule has 1 saturated heterocycles. The van der Waals surface area contributed by atoms with E-state index in [1.807, 2.05) is 29.4 Å². The molecule has 0 aliphatic carbocycles. The van der Waals surface area contributed by atoms with E-state index < -0.39 is 12.1 Å². The van der Waals surface area contributed by atoms with Crippen molar-refractivity contribution in [2.75, 3.05) is 31.5 Å². The number of thiophene rings is 1. The summed E-state index contributed by atoms with van der Waals surface area (Å²) in [5.74, 6) is 0.487. The quantitative estimate of drug-likeness (QED) is 0.545. The third-order valence-corrected chi connectivity index (χ3v) is 7.29. The average Bonchev–Trinajstić information content (AvgIpc) is 3.59. The number of nitrogens with zero attached hydrogens (tertiary/aromatic N) is 5. The van der Waals surface area contributed by atoms with E-state index in [-0.39, 0.29) is 11.9 Å². The second-order valence-electron chi connectivity index (χ2n) is 8.31. The van der Waals surface area contributed by atoms with Crippen LogP contribution in [0.2, 0.25) is 5.02 Å². The lowest BCUT2D eigenvalue weighted by molar-refractivity contribution is -0.137. The summed E-state index contributed by atoms with van der Waals surface area (Å²) in [6.45, 7) is 4.19. The highest BCUT2D eigenvalue weighted by atomic mass is 35.5. The Bertz CT molecular complexity index is 1240. The van der Waals surface area contributed by atoms with Crippen LogP contribution >= 0.6 is 22.9 Å². The van der Waals surface area contributed by atoms with E-state index in [2.05, 4.69) is 15.6 Å². The van der Waals surface area contributed by atoms with Gasteiger partial charge in [0.2, 0.25) is 0 Å². The Morgan fingerprint density at radius 1 is 1.11 bits per heavy atom. The molecule has 1 atom stereocenters. The van der Waals surface area contributed by atoms with E-state index in [1.54, 1.807) is 44.9 Å². The molecule has 0 spiro atoms. The molecular formula is C23H24ClN7O3S. The number of nitrogens with one attached hydrogen (secondary N) is 2. The zero-order valence-corrected chi connectivity index (χ0v) is 20.6. The first-order valence-electron chi connectivity index (χ1n) is 11.2. The first kappa shape index (κ1) is 23.3. The maximum atomic E-state index is 13.5. The van der Waals surface area contributed by atoms with Crippen LogP contribution in [0.25, 0.3) is 0 Å². The van der Waals surface area contributed by atoms with Gasteiger partial charge in [0.25, 0.3) is 5.91 Å². The zero-order valence-electron chi connectivity index (χ0n) is 19.0. The molecule has 0 saturated carbocycles. The van der Waals surface area contributed by atoms with Crippen LogP contribution in [-0.2, 0) is 11.3 Å². The van der Waals surface area contributed by atoms with E-state index in [0.29, 0.717) is 49.3 Å². The Morgan fingerprint density at radius 3 is 2.51 bits per heavy atom. The Balaban J connectivity index is 1.22. The molecule has 2 aromatic heterocycles. The highest BCUT2D eigenvalue weighted by Crippen LogP contribution is 2.25. The van der Waals surface area contributed by atoms with Crippen molar-refractivity contribution in [3.63, 3.8) is 0 Å². The summed E-state index contributed by atoms with van der Waals surface area (Å²) >= 11 is 7.32. The minimum atomic E-state index is -0.809. The van der Waals surface area contributed by atoms with E-state index >= 15 is 0 Å². The van der Waals surface area contributed by atoms with E-state index in [1.165, 1.54) is 11.3 Å². The summed E-state index contributed by atoms with van der Waals surface area (Å²) < 4.78 is 1.62. The van der Waals surface area contributed by atoms with Crippen LogP contribution in [0, 0.1) is 6.92 Å². The van der Waals surface area contributed by atoms with Gasteiger partial charge in [-0.05, 0) is 42.6 Å². The molecule has 1 unspecified atom stereocenters. The predicted molar refractivity (Wildman–Crippen MR) is 132 cm³/mol. The van der Waals surface area contributed by atoms with Gasteiger partial charge in [0.05, 0.1) is 18.4 Å². The van der Waals surface area contributed by atoms with Crippen molar-refractivity contribution in [2.45, 2.75) is 19.5 Å². The molecular weight excluding hydrogens is 490 g/mol. The molecule has 1 fully saturated rings. The Hall–Kier alpha value is -3.41. The van der Waals surface area contributed by atoms with Crippen LogP contribution in [0.3, 0.4) is 0 Å². The number of hydrogen-bond donors (Lipinski definition) is 2. The number of piperazine rings is 1. The Morgan fingerprint density at radius 2 is 1.86 bits per heavy atom. The third kappa shape index (κ3) is 4.75. The number of hydrogen-bond acceptors (Lipinski definition) is 6. The van der Waals surface area contributed by atoms with Crippen molar-refractivity contribution in [3.05, 3.63) is 69.4 Å². The summed E-state index contributed by atoms with van der Waals surface area (Å²) in [7, 11) is 0. The van der Waals surface area contributed by atoms with Crippen molar-refractivity contribution in [2.24, 2.45) is 0 Å². The van der Waals surface area contributed by atoms with Crippen LogP contribution in [0.5, 0.6) is 0 Å². The molecule has 0 radical (unpaired) electrons. The standard InChI is InChI=1S/C23H24ClN7O3S/c1-15-25-13-18-14-30(23(34)31(15)18)29-10-8-28(9-11-29)21(32)20(19-3-2-12-35-19)27-22(33)26-17-6-4-16(24)5-7-17/h2-7,12-13,20H,8-11,14H2,1H3,(H2,26,27,33). The molecule has 4 amide bonds. The number of anilines is 1. The smallest absolute Gasteiger partial charge is 0.338 e.